The van der Waals surface area contributed by atoms with E-state index in [1.165, 1.54) is 24.2 Å². The van der Waals surface area contributed by atoms with Crippen LogP contribution in [0.5, 0.6) is 0 Å². The molecule has 1 aliphatic rings. The minimum Gasteiger partial charge on any atom is -0.445 e. The van der Waals surface area contributed by atoms with Gasteiger partial charge in [0.05, 0.1) is 4.34 Å². The van der Waals surface area contributed by atoms with Crippen molar-refractivity contribution in [2.75, 3.05) is 13.6 Å². The Morgan fingerprint density at radius 2 is 2.41 bits per heavy atom. The Labute approximate surface area is 110 Å². The van der Waals surface area contributed by atoms with Crippen molar-refractivity contribution in [1.82, 2.24) is 4.90 Å². The van der Waals surface area contributed by atoms with Gasteiger partial charge in [0.2, 0.25) is 0 Å². The zero-order chi connectivity index (χ0) is 12.3. The van der Waals surface area contributed by atoms with E-state index in [4.69, 9.17) is 16.3 Å². The normalized spacial score (nSPS) is 14.7. The summed E-state index contributed by atoms with van der Waals surface area (Å²) < 4.78 is 5.91. The van der Waals surface area contributed by atoms with Crippen molar-refractivity contribution in [1.29, 1.82) is 0 Å². The summed E-state index contributed by atoms with van der Waals surface area (Å²) in [5.41, 5.74) is 0.948. The third kappa shape index (κ3) is 4.21. The maximum absolute atomic E-state index is 11.6. The molecule has 0 unspecified atom stereocenters. The van der Waals surface area contributed by atoms with Crippen LogP contribution in [0.25, 0.3) is 0 Å². The van der Waals surface area contributed by atoms with Crippen molar-refractivity contribution in [2.24, 2.45) is 5.92 Å². The Balaban J connectivity index is 1.68. The average molecular weight is 274 g/mol. The molecule has 17 heavy (non-hydrogen) atoms. The third-order valence-corrected chi connectivity index (χ3v) is 4.01. The highest BCUT2D eigenvalue weighted by Gasteiger charge is 2.22. The first-order valence-corrected chi connectivity index (χ1v) is 7.01. The zero-order valence-corrected chi connectivity index (χ0v) is 11.4. The molecule has 94 valence electrons. The molecule has 1 saturated carbocycles. The van der Waals surface area contributed by atoms with Crippen molar-refractivity contribution >= 4 is 29.0 Å². The van der Waals surface area contributed by atoms with Crippen molar-refractivity contribution in [3.05, 3.63) is 21.3 Å². The Bertz CT molecular complexity index is 390. The highest BCUT2D eigenvalue weighted by Crippen LogP contribution is 2.32. The third-order valence-electron chi connectivity index (χ3n) is 2.87. The molecule has 3 nitrogen and oxygen atoms in total. The lowest BCUT2D eigenvalue weighted by atomic mass is 10.3. The smallest absolute Gasteiger partial charge is 0.409 e. The molecule has 0 spiro atoms. The van der Waals surface area contributed by atoms with Gasteiger partial charge in [0.15, 0.2) is 0 Å². The van der Waals surface area contributed by atoms with Crippen molar-refractivity contribution < 1.29 is 9.53 Å². The Morgan fingerprint density at radius 3 is 3.00 bits per heavy atom. The quantitative estimate of drug-likeness (QED) is 0.817. The van der Waals surface area contributed by atoms with Crippen molar-refractivity contribution in [2.45, 2.75) is 25.9 Å². The number of nitrogens with zero attached hydrogens (tertiary/aromatic N) is 1. The largest absolute Gasteiger partial charge is 0.445 e. The molecule has 0 bridgehead atoms. The summed E-state index contributed by atoms with van der Waals surface area (Å²) in [5.74, 6) is 0.834. The van der Waals surface area contributed by atoms with Crippen LogP contribution in [0.15, 0.2) is 11.4 Å². The zero-order valence-electron chi connectivity index (χ0n) is 9.82. The second-order valence-corrected chi connectivity index (χ2v) is 6.01. The fourth-order valence-corrected chi connectivity index (χ4v) is 2.44. The molecule has 1 fully saturated rings. The Hall–Kier alpha value is -0.740. The number of carbonyl (C=O) groups excluding carboxylic acids is 1. The molecule has 2 rings (SSSR count). The molecule has 0 radical (unpaired) electrons. The van der Waals surface area contributed by atoms with Crippen molar-refractivity contribution in [3.63, 3.8) is 0 Å². The lowest BCUT2D eigenvalue weighted by Gasteiger charge is -2.16. The van der Waals surface area contributed by atoms with Crippen LogP contribution < -0.4 is 0 Å². The fraction of sp³-hybridized carbons (Fsp3) is 0.583. The molecule has 0 saturated heterocycles. The standard InChI is InChI=1S/C12H16ClNO2S/c1-14(5-4-9-2-3-9)12(15)16-7-10-6-11(13)17-8-10/h6,8-9H,2-5,7H2,1H3. The summed E-state index contributed by atoms with van der Waals surface area (Å²) in [6.07, 6.45) is 3.47. The highest BCUT2D eigenvalue weighted by atomic mass is 35.5. The van der Waals surface area contributed by atoms with E-state index in [1.807, 2.05) is 11.4 Å². The van der Waals surface area contributed by atoms with Gasteiger partial charge in [-0.15, -0.1) is 11.3 Å². The van der Waals surface area contributed by atoms with Crippen LogP contribution in [0.4, 0.5) is 4.79 Å². The minimum absolute atomic E-state index is 0.257. The van der Waals surface area contributed by atoms with E-state index in [2.05, 4.69) is 0 Å². The van der Waals surface area contributed by atoms with Crippen LogP contribution in [0, 0.1) is 5.92 Å². The second-order valence-electron chi connectivity index (χ2n) is 4.47. The lowest BCUT2D eigenvalue weighted by molar-refractivity contribution is 0.104. The fourth-order valence-electron chi connectivity index (χ4n) is 1.55. The number of hydrogen-bond acceptors (Lipinski definition) is 3. The van der Waals surface area contributed by atoms with Crippen LogP contribution in [0.3, 0.4) is 0 Å². The topological polar surface area (TPSA) is 29.5 Å². The van der Waals surface area contributed by atoms with Gasteiger partial charge in [0.1, 0.15) is 6.61 Å². The SMILES string of the molecule is CN(CCC1CC1)C(=O)OCc1csc(Cl)c1. The summed E-state index contributed by atoms with van der Waals surface area (Å²) >= 11 is 7.24. The summed E-state index contributed by atoms with van der Waals surface area (Å²) in [7, 11) is 1.78. The summed E-state index contributed by atoms with van der Waals surface area (Å²) in [5, 5.41) is 1.90. The van der Waals surface area contributed by atoms with E-state index in [-0.39, 0.29) is 6.09 Å². The van der Waals surface area contributed by atoms with Crippen LogP contribution in [-0.2, 0) is 11.3 Å². The summed E-state index contributed by atoms with van der Waals surface area (Å²) in [6.45, 7) is 1.09. The molecule has 0 aromatic carbocycles. The number of amides is 1. The first-order chi connectivity index (χ1) is 8.15. The van der Waals surface area contributed by atoms with Crippen LogP contribution in [-0.4, -0.2) is 24.6 Å². The van der Waals surface area contributed by atoms with E-state index in [1.54, 1.807) is 11.9 Å². The molecule has 1 aliphatic carbocycles. The first-order valence-electron chi connectivity index (χ1n) is 5.76. The van der Waals surface area contributed by atoms with Gasteiger partial charge < -0.3 is 9.64 Å². The van der Waals surface area contributed by atoms with E-state index in [0.717, 1.165) is 28.8 Å². The van der Waals surface area contributed by atoms with Crippen LogP contribution in [0.1, 0.15) is 24.8 Å². The predicted octanol–water partition coefficient (Wildman–Crippen LogP) is 3.77. The van der Waals surface area contributed by atoms with Gasteiger partial charge in [-0.25, -0.2) is 4.79 Å². The summed E-state index contributed by atoms with van der Waals surface area (Å²) in [4.78, 5) is 13.3. The molecule has 0 aliphatic heterocycles. The Kier molecular flexibility index (Phi) is 4.29. The molecule has 1 aromatic heterocycles. The van der Waals surface area contributed by atoms with Crippen LogP contribution >= 0.6 is 22.9 Å². The monoisotopic (exact) mass is 273 g/mol. The van der Waals surface area contributed by atoms with Gasteiger partial charge in [-0.2, -0.15) is 0 Å². The Morgan fingerprint density at radius 1 is 1.65 bits per heavy atom. The molecular weight excluding hydrogens is 258 g/mol. The number of halogens is 1. The van der Waals surface area contributed by atoms with Crippen LogP contribution in [0.2, 0.25) is 4.34 Å². The molecule has 0 atom stereocenters. The molecule has 1 heterocycles. The maximum atomic E-state index is 11.6. The molecule has 5 heteroatoms. The number of rotatable bonds is 5. The van der Waals surface area contributed by atoms with Gasteiger partial charge in [0, 0.05) is 19.2 Å². The number of carbonyl (C=O) groups is 1. The molecule has 0 N–H and O–H groups in total. The van der Waals surface area contributed by atoms with E-state index < -0.39 is 0 Å². The van der Waals surface area contributed by atoms with E-state index in [0.29, 0.717) is 6.61 Å². The average Bonchev–Trinajstić information content (AvgIpc) is 3.05. The highest BCUT2D eigenvalue weighted by molar-refractivity contribution is 7.14. The van der Waals surface area contributed by atoms with Gasteiger partial charge >= 0.3 is 6.09 Å². The second kappa shape index (κ2) is 5.74. The number of thiophene rings is 1. The molecular formula is C12H16ClNO2S. The minimum atomic E-state index is -0.257. The van der Waals surface area contributed by atoms with E-state index >= 15 is 0 Å². The van der Waals surface area contributed by atoms with E-state index in [9.17, 15) is 4.79 Å². The predicted molar refractivity (Wildman–Crippen MR) is 69.5 cm³/mol. The molecule has 1 amide bonds. The van der Waals surface area contributed by atoms with Gasteiger partial charge in [-0.3, -0.25) is 0 Å². The first kappa shape index (κ1) is 12.7. The van der Waals surface area contributed by atoms with Gasteiger partial charge in [-0.05, 0) is 23.8 Å². The molecule has 1 aromatic rings. The summed E-state index contributed by atoms with van der Waals surface area (Å²) in [6, 6.07) is 1.82. The van der Waals surface area contributed by atoms with Gasteiger partial charge in [-0.1, -0.05) is 24.4 Å². The van der Waals surface area contributed by atoms with Gasteiger partial charge in [0.25, 0.3) is 0 Å². The van der Waals surface area contributed by atoms with Crippen molar-refractivity contribution in [3.8, 4) is 0 Å². The number of ether oxygens (including phenoxy) is 1. The lowest BCUT2D eigenvalue weighted by Crippen LogP contribution is -2.28. The maximum Gasteiger partial charge on any atom is 0.409 e. The number of hydrogen-bond donors (Lipinski definition) is 0.